The Morgan fingerprint density at radius 1 is 1.14 bits per heavy atom. The summed E-state index contributed by atoms with van der Waals surface area (Å²) in [6.45, 7) is 1.74. The normalized spacial score (nSPS) is 10.9. The second-order valence-electron chi connectivity index (χ2n) is 4.94. The lowest BCUT2D eigenvalue weighted by molar-refractivity contribution is 0.419. The molecule has 3 aromatic rings. The Morgan fingerprint density at radius 2 is 2.00 bits per heavy atom. The van der Waals surface area contributed by atoms with Crippen LogP contribution in [0.5, 0.6) is 5.75 Å². The number of methoxy groups -OCH3 is 1. The molecule has 21 heavy (non-hydrogen) atoms. The molecule has 0 spiro atoms. The molecule has 2 aromatic carbocycles. The lowest BCUT2D eigenvalue weighted by Gasteiger charge is -2.11. The van der Waals surface area contributed by atoms with Crippen LogP contribution in [-0.4, -0.2) is 23.6 Å². The van der Waals surface area contributed by atoms with E-state index in [9.17, 15) is 0 Å². The molecule has 0 aliphatic rings. The summed E-state index contributed by atoms with van der Waals surface area (Å²) in [7, 11) is 1.71. The van der Waals surface area contributed by atoms with Gasteiger partial charge in [-0.1, -0.05) is 30.3 Å². The summed E-state index contributed by atoms with van der Waals surface area (Å²) in [5.74, 6) is 1.94. The fourth-order valence-corrected chi connectivity index (χ4v) is 2.53. The molecule has 0 bridgehead atoms. The highest BCUT2D eigenvalue weighted by Crippen LogP contribution is 2.28. The van der Waals surface area contributed by atoms with Gasteiger partial charge in [-0.05, 0) is 17.0 Å². The molecular weight excluding hydrogens is 262 g/mol. The minimum atomic E-state index is 0.839. The average Bonchev–Trinajstić information content (AvgIpc) is 3.05. The van der Waals surface area contributed by atoms with Gasteiger partial charge in [0.25, 0.3) is 0 Å². The summed E-state index contributed by atoms with van der Waals surface area (Å²) in [6, 6.07) is 12.5. The van der Waals surface area contributed by atoms with Gasteiger partial charge in [0.1, 0.15) is 11.6 Å². The number of imidazole rings is 1. The van der Waals surface area contributed by atoms with Crippen molar-refractivity contribution in [1.29, 1.82) is 0 Å². The van der Waals surface area contributed by atoms with Gasteiger partial charge in [0.2, 0.25) is 0 Å². The number of H-pyrrole nitrogens is 1. The lowest BCUT2D eigenvalue weighted by Crippen LogP contribution is -2.17. The van der Waals surface area contributed by atoms with Crippen LogP contribution in [0.15, 0.2) is 48.8 Å². The predicted molar refractivity (Wildman–Crippen MR) is 84.5 cm³/mol. The highest BCUT2D eigenvalue weighted by molar-refractivity contribution is 5.91. The first-order valence-corrected chi connectivity index (χ1v) is 7.12. The molecule has 0 atom stereocenters. The molecule has 0 aliphatic carbocycles. The van der Waals surface area contributed by atoms with Gasteiger partial charge in [-0.3, -0.25) is 0 Å². The van der Waals surface area contributed by atoms with Crippen LogP contribution < -0.4 is 10.1 Å². The third-order valence-corrected chi connectivity index (χ3v) is 3.60. The third-order valence-electron chi connectivity index (χ3n) is 3.60. The van der Waals surface area contributed by atoms with Gasteiger partial charge in [0.05, 0.1) is 7.11 Å². The molecule has 108 valence electrons. The van der Waals surface area contributed by atoms with Gasteiger partial charge < -0.3 is 15.0 Å². The van der Waals surface area contributed by atoms with Crippen molar-refractivity contribution in [2.75, 3.05) is 13.7 Å². The number of rotatable bonds is 6. The van der Waals surface area contributed by atoms with E-state index in [-0.39, 0.29) is 0 Å². The lowest BCUT2D eigenvalue weighted by atomic mass is 10.0. The maximum absolute atomic E-state index is 5.42. The first kappa shape index (κ1) is 13.6. The molecule has 4 nitrogen and oxygen atoms in total. The number of benzene rings is 2. The molecule has 0 fully saturated rings. The zero-order valence-corrected chi connectivity index (χ0v) is 12.1. The Bertz CT molecular complexity index is 707. The van der Waals surface area contributed by atoms with E-state index < -0.39 is 0 Å². The van der Waals surface area contributed by atoms with Crippen molar-refractivity contribution in [2.24, 2.45) is 0 Å². The van der Waals surface area contributed by atoms with Gasteiger partial charge in [-0.15, -0.1) is 0 Å². The van der Waals surface area contributed by atoms with Crippen molar-refractivity contribution in [3.63, 3.8) is 0 Å². The van der Waals surface area contributed by atoms with Crippen LogP contribution in [0, 0.1) is 0 Å². The smallest absolute Gasteiger partial charge is 0.126 e. The molecule has 1 heterocycles. The number of fused-ring (bicyclic) bond motifs is 1. The number of hydrogen-bond acceptors (Lipinski definition) is 3. The second kappa shape index (κ2) is 6.41. The Morgan fingerprint density at radius 3 is 2.76 bits per heavy atom. The maximum atomic E-state index is 5.42. The quantitative estimate of drug-likeness (QED) is 0.683. The molecular formula is C17H19N3O. The number of hydrogen-bond donors (Lipinski definition) is 2. The standard InChI is InChI=1S/C17H19N3O/c1-21-16-7-6-13(14-4-2-3-5-15(14)16)12-18-9-8-17-19-10-11-20-17/h2-7,10-11,18H,8-9,12H2,1H3,(H,19,20). The molecule has 1 aromatic heterocycles. The van der Waals surface area contributed by atoms with Crippen LogP contribution in [-0.2, 0) is 13.0 Å². The Labute approximate surface area is 124 Å². The molecule has 0 unspecified atom stereocenters. The van der Waals surface area contributed by atoms with Gasteiger partial charge in [-0.25, -0.2) is 4.98 Å². The third kappa shape index (κ3) is 3.06. The number of ether oxygens (including phenoxy) is 1. The summed E-state index contributed by atoms with van der Waals surface area (Å²) in [5.41, 5.74) is 1.28. The van der Waals surface area contributed by atoms with Gasteiger partial charge in [0.15, 0.2) is 0 Å². The number of aromatic amines is 1. The van der Waals surface area contributed by atoms with E-state index in [2.05, 4.69) is 39.6 Å². The zero-order chi connectivity index (χ0) is 14.5. The average molecular weight is 281 g/mol. The highest BCUT2D eigenvalue weighted by atomic mass is 16.5. The SMILES string of the molecule is COc1ccc(CNCCc2ncc[nH]2)c2ccccc12. The summed E-state index contributed by atoms with van der Waals surface area (Å²) < 4.78 is 5.42. The van der Waals surface area contributed by atoms with E-state index in [1.54, 1.807) is 13.3 Å². The molecule has 4 heteroatoms. The van der Waals surface area contributed by atoms with Crippen molar-refractivity contribution in [3.8, 4) is 5.75 Å². The Kier molecular flexibility index (Phi) is 4.17. The summed E-state index contributed by atoms with van der Waals surface area (Å²) in [6.07, 6.45) is 4.54. The van der Waals surface area contributed by atoms with Crippen LogP contribution in [0.4, 0.5) is 0 Å². The molecule has 0 amide bonds. The Hall–Kier alpha value is -2.33. The van der Waals surface area contributed by atoms with E-state index >= 15 is 0 Å². The minimum Gasteiger partial charge on any atom is -0.496 e. The van der Waals surface area contributed by atoms with Crippen LogP contribution in [0.3, 0.4) is 0 Å². The van der Waals surface area contributed by atoms with E-state index in [1.807, 2.05) is 18.3 Å². The molecule has 3 rings (SSSR count). The first-order chi connectivity index (χ1) is 10.4. The van der Waals surface area contributed by atoms with Crippen LogP contribution in [0.25, 0.3) is 10.8 Å². The molecule has 0 radical (unpaired) electrons. The van der Waals surface area contributed by atoms with Crippen LogP contribution in [0.2, 0.25) is 0 Å². The predicted octanol–water partition coefficient (Wildman–Crippen LogP) is 2.90. The zero-order valence-electron chi connectivity index (χ0n) is 12.1. The minimum absolute atomic E-state index is 0.839. The maximum Gasteiger partial charge on any atom is 0.126 e. The van der Waals surface area contributed by atoms with Crippen LogP contribution >= 0.6 is 0 Å². The number of nitrogens with one attached hydrogen (secondary N) is 2. The number of aromatic nitrogens is 2. The molecule has 0 saturated carbocycles. The first-order valence-electron chi connectivity index (χ1n) is 7.12. The van der Waals surface area contributed by atoms with E-state index in [0.29, 0.717) is 0 Å². The fraction of sp³-hybridized carbons (Fsp3) is 0.235. The number of nitrogens with zero attached hydrogens (tertiary/aromatic N) is 1. The van der Waals surface area contributed by atoms with E-state index in [1.165, 1.54) is 10.9 Å². The Balaban J connectivity index is 1.69. The van der Waals surface area contributed by atoms with Gasteiger partial charge in [-0.2, -0.15) is 0 Å². The van der Waals surface area contributed by atoms with E-state index in [4.69, 9.17) is 4.74 Å². The van der Waals surface area contributed by atoms with Crippen molar-refractivity contribution in [2.45, 2.75) is 13.0 Å². The summed E-state index contributed by atoms with van der Waals surface area (Å²) >= 11 is 0. The van der Waals surface area contributed by atoms with Crippen molar-refractivity contribution in [3.05, 3.63) is 60.2 Å². The summed E-state index contributed by atoms with van der Waals surface area (Å²) in [5, 5.41) is 5.86. The van der Waals surface area contributed by atoms with Gasteiger partial charge >= 0.3 is 0 Å². The monoisotopic (exact) mass is 281 g/mol. The fourth-order valence-electron chi connectivity index (χ4n) is 2.53. The van der Waals surface area contributed by atoms with E-state index in [0.717, 1.165) is 36.5 Å². The van der Waals surface area contributed by atoms with Crippen LogP contribution in [0.1, 0.15) is 11.4 Å². The highest BCUT2D eigenvalue weighted by Gasteiger charge is 2.05. The topological polar surface area (TPSA) is 49.9 Å². The van der Waals surface area contributed by atoms with Crippen molar-refractivity contribution >= 4 is 10.8 Å². The summed E-state index contributed by atoms with van der Waals surface area (Å²) in [4.78, 5) is 7.33. The largest absolute Gasteiger partial charge is 0.496 e. The van der Waals surface area contributed by atoms with Crippen molar-refractivity contribution < 1.29 is 4.74 Å². The molecule has 0 aliphatic heterocycles. The van der Waals surface area contributed by atoms with Gasteiger partial charge in [0, 0.05) is 37.3 Å². The van der Waals surface area contributed by atoms with Crippen molar-refractivity contribution in [1.82, 2.24) is 15.3 Å². The molecule has 2 N–H and O–H groups in total. The second-order valence-corrected chi connectivity index (χ2v) is 4.94. The molecule has 0 saturated heterocycles.